The van der Waals surface area contributed by atoms with Crippen LogP contribution >= 0.6 is 0 Å². The van der Waals surface area contributed by atoms with Crippen LogP contribution in [0.3, 0.4) is 0 Å². The second kappa shape index (κ2) is 7.54. The predicted octanol–water partition coefficient (Wildman–Crippen LogP) is 3.02. The third kappa shape index (κ3) is 3.30. The summed E-state index contributed by atoms with van der Waals surface area (Å²) in [6.45, 7) is 2.60. The SMILES string of the molecule is CCOC(=O)c1cc2c(cc1Oc1c(OC)ccc3c1C(=O)N(C)CC3)OCO2. The zero-order valence-electron chi connectivity index (χ0n) is 16.4. The van der Waals surface area contributed by atoms with Gasteiger partial charge >= 0.3 is 5.97 Å². The summed E-state index contributed by atoms with van der Waals surface area (Å²) in [5.74, 6) is 0.983. The first kappa shape index (κ1) is 18.9. The molecule has 0 atom stereocenters. The molecular weight excluding hydrogens is 378 g/mol. The van der Waals surface area contributed by atoms with Crippen LogP contribution in [0.5, 0.6) is 28.7 Å². The molecular formula is C21H21NO7. The summed E-state index contributed by atoms with van der Waals surface area (Å²) >= 11 is 0. The smallest absolute Gasteiger partial charge is 0.342 e. The van der Waals surface area contributed by atoms with E-state index >= 15 is 0 Å². The number of methoxy groups -OCH3 is 1. The molecule has 0 saturated carbocycles. The van der Waals surface area contributed by atoms with E-state index in [2.05, 4.69) is 0 Å². The summed E-state index contributed by atoms with van der Waals surface area (Å²) in [4.78, 5) is 27.0. The number of likely N-dealkylation sites (N-methyl/N-ethyl adjacent to an activating group) is 1. The van der Waals surface area contributed by atoms with Crippen LogP contribution in [0.2, 0.25) is 0 Å². The van der Waals surface area contributed by atoms with E-state index in [4.69, 9.17) is 23.7 Å². The van der Waals surface area contributed by atoms with Crippen LogP contribution in [0.1, 0.15) is 33.2 Å². The van der Waals surface area contributed by atoms with E-state index in [1.807, 2.05) is 6.07 Å². The predicted molar refractivity (Wildman–Crippen MR) is 102 cm³/mol. The van der Waals surface area contributed by atoms with Gasteiger partial charge in [-0.3, -0.25) is 4.79 Å². The summed E-state index contributed by atoms with van der Waals surface area (Å²) in [6.07, 6.45) is 0.698. The van der Waals surface area contributed by atoms with Crippen molar-refractivity contribution in [2.24, 2.45) is 0 Å². The normalized spacial score (nSPS) is 14.4. The molecule has 0 bridgehead atoms. The number of carbonyl (C=O) groups excluding carboxylic acids is 2. The number of esters is 1. The maximum absolute atomic E-state index is 12.9. The van der Waals surface area contributed by atoms with Crippen molar-refractivity contribution in [1.29, 1.82) is 0 Å². The van der Waals surface area contributed by atoms with Gasteiger partial charge in [0.05, 0.1) is 19.3 Å². The van der Waals surface area contributed by atoms with Gasteiger partial charge in [-0.05, 0) is 25.0 Å². The molecule has 0 saturated heterocycles. The molecule has 0 spiro atoms. The highest BCUT2D eigenvalue weighted by Gasteiger charge is 2.30. The first-order chi connectivity index (χ1) is 14.0. The standard InChI is InChI=1S/C21H21NO7/c1-4-26-21(24)13-9-16-17(28-11-27-16)10-15(13)29-19-14(25-3)6-5-12-7-8-22(2)20(23)18(12)19/h5-6,9-10H,4,7-8,11H2,1-3H3. The van der Waals surface area contributed by atoms with E-state index in [9.17, 15) is 9.59 Å². The molecule has 4 rings (SSSR count). The number of nitrogens with zero attached hydrogens (tertiary/aromatic N) is 1. The average molecular weight is 399 g/mol. The van der Waals surface area contributed by atoms with Crippen molar-refractivity contribution >= 4 is 11.9 Å². The maximum Gasteiger partial charge on any atom is 0.342 e. The molecule has 0 aromatic heterocycles. The Morgan fingerprint density at radius 2 is 1.93 bits per heavy atom. The number of hydrogen-bond acceptors (Lipinski definition) is 7. The monoisotopic (exact) mass is 399 g/mol. The van der Waals surface area contributed by atoms with Crippen molar-refractivity contribution < 1.29 is 33.3 Å². The second-order valence-electron chi connectivity index (χ2n) is 6.63. The highest BCUT2D eigenvalue weighted by Crippen LogP contribution is 2.44. The van der Waals surface area contributed by atoms with E-state index in [0.717, 1.165) is 5.56 Å². The third-order valence-electron chi connectivity index (χ3n) is 4.89. The lowest BCUT2D eigenvalue weighted by Gasteiger charge is -2.27. The largest absolute Gasteiger partial charge is 0.493 e. The molecule has 1 amide bonds. The molecule has 2 aromatic rings. The Kier molecular flexibility index (Phi) is 4.92. The molecule has 2 aromatic carbocycles. The molecule has 0 aliphatic carbocycles. The molecule has 0 unspecified atom stereocenters. The highest BCUT2D eigenvalue weighted by molar-refractivity contribution is 6.00. The number of carbonyl (C=O) groups is 2. The van der Waals surface area contributed by atoms with Gasteiger partial charge in [-0.15, -0.1) is 0 Å². The number of fused-ring (bicyclic) bond motifs is 2. The van der Waals surface area contributed by atoms with Crippen LogP contribution in [-0.2, 0) is 11.2 Å². The van der Waals surface area contributed by atoms with E-state index in [0.29, 0.717) is 35.8 Å². The van der Waals surface area contributed by atoms with Crippen LogP contribution in [0.4, 0.5) is 0 Å². The van der Waals surface area contributed by atoms with Gasteiger partial charge in [-0.25, -0.2) is 4.79 Å². The number of rotatable bonds is 5. The van der Waals surface area contributed by atoms with Crippen LogP contribution in [0.15, 0.2) is 24.3 Å². The third-order valence-corrected chi connectivity index (χ3v) is 4.89. The number of hydrogen-bond donors (Lipinski definition) is 0. The summed E-state index contributed by atoms with van der Waals surface area (Å²) < 4.78 is 27.5. The zero-order chi connectivity index (χ0) is 20.5. The lowest BCUT2D eigenvalue weighted by Crippen LogP contribution is -2.34. The Bertz CT molecular complexity index is 985. The lowest BCUT2D eigenvalue weighted by atomic mass is 9.97. The quantitative estimate of drug-likeness (QED) is 0.715. The fourth-order valence-electron chi connectivity index (χ4n) is 3.38. The van der Waals surface area contributed by atoms with Gasteiger partial charge in [0.1, 0.15) is 11.3 Å². The summed E-state index contributed by atoms with van der Waals surface area (Å²) in [5.41, 5.74) is 1.46. The molecule has 0 fully saturated rings. The molecule has 2 aliphatic heterocycles. The second-order valence-corrected chi connectivity index (χ2v) is 6.63. The van der Waals surface area contributed by atoms with Crippen LogP contribution in [0.25, 0.3) is 0 Å². The molecule has 8 nitrogen and oxygen atoms in total. The maximum atomic E-state index is 12.9. The highest BCUT2D eigenvalue weighted by atomic mass is 16.7. The molecule has 8 heteroatoms. The number of ether oxygens (including phenoxy) is 5. The average Bonchev–Trinajstić information content (AvgIpc) is 3.17. The summed E-state index contributed by atoms with van der Waals surface area (Å²) in [5, 5.41) is 0. The Balaban J connectivity index is 1.84. The summed E-state index contributed by atoms with van der Waals surface area (Å²) in [7, 11) is 3.23. The van der Waals surface area contributed by atoms with Crippen LogP contribution in [0, 0.1) is 0 Å². The Morgan fingerprint density at radius 1 is 1.17 bits per heavy atom. The van der Waals surface area contributed by atoms with Gasteiger partial charge in [0.25, 0.3) is 5.91 Å². The topological polar surface area (TPSA) is 83.5 Å². The van der Waals surface area contributed by atoms with Gasteiger partial charge in [0.15, 0.2) is 23.0 Å². The van der Waals surface area contributed by atoms with Crippen molar-refractivity contribution in [2.45, 2.75) is 13.3 Å². The molecule has 152 valence electrons. The van der Waals surface area contributed by atoms with E-state index in [1.165, 1.54) is 13.2 Å². The minimum atomic E-state index is -0.562. The number of benzene rings is 2. The van der Waals surface area contributed by atoms with E-state index in [-0.39, 0.29) is 36.4 Å². The van der Waals surface area contributed by atoms with E-state index < -0.39 is 5.97 Å². The zero-order valence-corrected chi connectivity index (χ0v) is 16.4. The molecule has 0 N–H and O–H groups in total. The molecule has 2 heterocycles. The molecule has 2 aliphatic rings. The van der Waals surface area contributed by atoms with Gasteiger partial charge in [0.2, 0.25) is 6.79 Å². The Morgan fingerprint density at radius 3 is 2.66 bits per heavy atom. The van der Waals surface area contributed by atoms with Gasteiger partial charge in [-0.2, -0.15) is 0 Å². The fraction of sp³-hybridized carbons (Fsp3) is 0.333. The van der Waals surface area contributed by atoms with Crippen molar-refractivity contribution in [2.75, 3.05) is 34.1 Å². The van der Waals surface area contributed by atoms with E-state index in [1.54, 1.807) is 31.0 Å². The Hall–Kier alpha value is -3.42. The van der Waals surface area contributed by atoms with Crippen molar-refractivity contribution in [1.82, 2.24) is 4.90 Å². The van der Waals surface area contributed by atoms with Crippen molar-refractivity contribution in [3.05, 3.63) is 41.0 Å². The molecule has 29 heavy (non-hydrogen) atoms. The van der Waals surface area contributed by atoms with Crippen LogP contribution in [-0.4, -0.2) is 50.9 Å². The van der Waals surface area contributed by atoms with Gasteiger partial charge < -0.3 is 28.6 Å². The van der Waals surface area contributed by atoms with Gasteiger partial charge in [0, 0.05) is 25.7 Å². The minimum absolute atomic E-state index is 0.0500. The van der Waals surface area contributed by atoms with Crippen molar-refractivity contribution in [3.8, 4) is 28.7 Å². The molecule has 0 radical (unpaired) electrons. The number of amides is 1. The van der Waals surface area contributed by atoms with Crippen LogP contribution < -0.4 is 18.9 Å². The first-order valence-corrected chi connectivity index (χ1v) is 9.27. The fourth-order valence-corrected chi connectivity index (χ4v) is 3.38. The lowest BCUT2D eigenvalue weighted by molar-refractivity contribution is 0.0523. The van der Waals surface area contributed by atoms with Gasteiger partial charge in [-0.1, -0.05) is 6.07 Å². The Labute approximate surface area is 167 Å². The summed E-state index contributed by atoms with van der Waals surface area (Å²) in [6, 6.07) is 6.69. The minimum Gasteiger partial charge on any atom is -0.493 e. The first-order valence-electron chi connectivity index (χ1n) is 9.27. The van der Waals surface area contributed by atoms with Crippen molar-refractivity contribution in [3.63, 3.8) is 0 Å².